The first-order valence-corrected chi connectivity index (χ1v) is 6.16. The van der Waals surface area contributed by atoms with Gasteiger partial charge in [0, 0.05) is 27.3 Å². The molecule has 0 aromatic carbocycles. The first-order chi connectivity index (χ1) is 6.90. The van der Waals surface area contributed by atoms with Crippen LogP contribution in [0, 0.1) is 0 Å². The van der Waals surface area contributed by atoms with Crippen LogP contribution in [-0.4, -0.2) is 56.9 Å². The van der Waals surface area contributed by atoms with Crippen molar-refractivity contribution in [2.24, 2.45) is 0 Å². The van der Waals surface area contributed by atoms with Crippen LogP contribution in [0.4, 0.5) is 0 Å². The highest BCUT2D eigenvalue weighted by atomic mass is 32.2. The van der Waals surface area contributed by atoms with E-state index >= 15 is 0 Å². The van der Waals surface area contributed by atoms with Crippen LogP contribution in [0.5, 0.6) is 0 Å². The normalized spacial score (nSPS) is 11.9. The molecule has 7 heteroatoms. The molecule has 0 rings (SSSR count). The van der Waals surface area contributed by atoms with E-state index in [4.69, 9.17) is 9.84 Å². The third-order valence-corrected chi connectivity index (χ3v) is 3.72. The van der Waals surface area contributed by atoms with E-state index in [1.807, 2.05) is 0 Å². The van der Waals surface area contributed by atoms with Gasteiger partial charge in [-0.1, -0.05) is 0 Å². The van der Waals surface area contributed by atoms with Crippen molar-refractivity contribution in [1.29, 1.82) is 0 Å². The molecule has 1 N–H and O–H groups in total. The van der Waals surface area contributed by atoms with Gasteiger partial charge in [0.05, 0.1) is 12.2 Å². The molecule has 15 heavy (non-hydrogen) atoms. The van der Waals surface area contributed by atoms with Gasteiger partial charge in [-0.2, -0.15) is 0 Å². The minimum atomic E-state index is -3.44. The van der Waals surface area contributed by atoms with Crippen LogP contribution < -0.4 is 0 Å². The van der Waals surface area contributed by atoms with E-state index in [0.29, 0.717) is 19.6 Å². The van der Waals surface area contributed by atoms with Crippen molar-refractivity contribution < 1.29 is 23.1 Å². The highest BCUT2D eigenvalue weighted by Gasteiger charge is 2.18. The second-order valence-electron chi connectivity index (χ2n) is 3.13. The molecule has 0 aliphatic rings. The quantitative estimate of drug-likeness (QED) is 0.591. The average Bonchev–Trinajstić information content (AvgIpc) is 2.15. The summed E-state index contributed by atoms with van der Waals surface area (Å²) in [5, 5.41) is 8.37. The Labute approximate surface area is 89.9 Å². The van der Waals surface area contributed by atoms with E-state index in [1.165, 1.54) is 7.05 Å². The summed E-state index contributed by atoms with van der Waals surface area (Å²) in [5.41, 5.74) is 0. The molecule has 0 amide bonds. The van der Waals surface area contributed by atoms with Crippen LogP contribution >= 0.6 is 0 Å². The third kappa shape index (κ3) is 6.43. The van der Waals surface area contributed by atoms with Crippen molar-refractivity contribution in [3.05, 3.63) is 0 Å². The number of carbonyl (C=O) groups is 1. The SMILES string of the molecule is COCCCN(C)S(=O)(=O)CCC(=O)O. The largest absolute Gasteiger partial charge is 0.481 e. The summed E-state index contributed by atoms with van der Waals surface area (Å²) < 4.78 is 28.9. The molecular formula is C8H17NO5S. The molecule has 0 bridgehead atoms. The Morgan fingerprint density at radius 2 is 2.07 bits per heavy atom. The van der Waals surface area contributed by atoms with E-state index in [0.717, 1.165) is 4.31 Å². The summed E-state index contributed by atoms with van der Waals surface area (Å²) in [6.07, 6.45) is 0.232. The molecule has 0 saturated carbocycles. The fraction of sp³-hybridized carbons (Fsp3) is 0.875. The van der Waals surface area contributed by atoms with Crippen molar-refractivity contribution in [2.45, 2.75) is 12.8 Å². The molecule has 0 heterocycles. The van der Waals surface area contributed by atoms with Crippen molar-refractivity contribution >= 4 is 16.0 Å². The molecule has 0 aliphatic carbocycles. The average molecular weight is 239 g/mol. The molecular weight excluding hydrogens is 222 g/mol. The highest BCUT2D eigenvalue weighted by Crippen LogP contribution is 2.01. The first kappa shape index (κ1) is 14.3. The fourth-order valence-corrected chi connectivity index (χ4v) is 2.09. The summed E-state index contributed by atoms with van der Waals surface area (Å²) >= 11 is 0. The van der Waals surface area contributed by atoms with Gasteiger partial charge in [0.15, 0.2) is 0 Å². The molecule has 6 nitrogen and oxygen atoms in total. The van der Waals surface area contributed by atoms with Gasteiger partial charge in [-0.15, -0.1) is 0 Å². The van der Waals surface area contributed by atoms with E-state index in [9.17, 15) is 13.2 Å². The molecule has 0 aliphatic heterocycles. The van der Waals surface area contributed by atoms with Crippen LogP contribution in [0.2, 0.25) is 0 Å². The molecule has 0 fully saturated rings. The first-order valence-electron chi connectivity index (χ1n) is 4.55. The number of carboxylic acid groups (broad SMARTS) is 1. The summed E-state index contributed by atoms with van der Waals surface area (Å²) in [5.74, 6) is -1.46. The number of ether oxygens (including phenoxy) is 1. The Morgan fingerprint density at radius 1 is 1.47 bits per heavy atom. The lowest BCUT2D eigenvalue weighted by Crippen LogP contribution is -2.31. The standard InChI is InChI=1S/C8H17NO5S/c1-9(5-3-6-14-2)15(12,13)7-4-8(10)11/h3-7H2,1-2H3,(H,10,11). The van der Waals surface area contributed by atoms with E-state index in [2.05, 4.69) is 0 Å². The van der Waals surface area contributed by atoms with Gasteiger partial charge >= 0.3 is 5.97 Å². The lowest BCUT2D eigenvalue weighted by molar-refractivity contribution is -0.136. The van der Waals surface area contributed by atoms with Crippen molar-refractivity contribution in [3.63, 3.8) is 0 Å². The predicted octanol–water partition coefficient (Wildman–Crippen LogP) is -0.241. The molecule has 0 aromatic heterocycles. The maximum Gasteiger partial charge on any atom is 0.304 e. The highest BCUT2D eigenvalue weighted by molar-refractivity contribution is 7.89. The topological polar surface area (TPSA) is 83.9 Å². The number of aliphatic carboxylic acids is 1. The summed E-state index contributed by atoms with van der Waals surface area (Å²) in [7, 11) is -0.461. The van der Waals surface area contributed by atoms with Gasteiger partial charge in [-0.3, -0.25) is 4.79 Å². The summed E-state index contributed by atoms with van der Waals surface area (Å²) in [6.45, 7) is 0.828. The van der Waals surface area contributed by atoms with Crippen LogP contribution in [0.25, 0.3) is 0 Å². The molecule has 0 unspecified atom stereocenters. The molecule has 0 aromatic rings. The lowest BCUT2D eigenvalue weighted by Gasteiger charge is -2.15. The van der Waals surface area contributed by atoms with Gasteiger partial charge in [0.1, 0.15) is 0 Å². The van der Waals surface area contributed by atoms with E-state index in [-0.39, 0.29) is 12.2 Å². The van der Waals surface area contributed by atoms with Crippen LogP contribution in [0.15, 0.2) is 0 Å². The Kier molecular flexibility index (Phi) is 6.46. The zero-order valence-electron chi connectivity index (χ0n) is 8.97. The zero-order chi connectivity index (χ0) is 11.9. The minimum Gasteiger partial charge on any atom is -0.481 e. The van der Waals surface area contributed by atoms with Crippen LogP contribution in [-0.2, 0) is 19.6 Å². The van der Waals surface area contributed by atoms with E-state index in [1.54, 1.807) is 7.11 Å². The number of sulfonamides is 1. The number of methoxy groups -OCH3 is 1. The fourth-order valence-electron chi connectivity index (χ4n) is 0.943. The number of hydrogen-bond donors (Lipinski definition) is 1. The van der Waals surface area contributed by atoms with Gasteiger partial charge in [0.2, 0.25) is 10.0 Å². The van der Waals surface area contributed by atoms with Gasteiger partial charge in [0.25, 0.3) is 0 Å². The number of rotatable bonds is 8. The van der Waals surface area contributed by atoms with Gasteiger partial charge in [-0.05, 0) is 6.42 Å². The second-order valence-corrected chi connectivity index (χ2v) is 5.32. The third-order valence-electron chi connectivity index (χ3n) is 1.87. The Hall–Kier alpha value is -0.660. The van der Waals surface area contributed by atoms with Crippen molar-refractivity contribution in [2.75, 3.05) is 33.1 Å². The molecule has 90 valence electrons. The predicted molar refractivity (Wildman–Crippen MR) is 55.2 cm³/mol. The Balaban J connectivity index is 4.03. The Morgan fingerprint density at radius 3 is 2.53 bits per heavy atom. The van der Waals surface area contributed by atoms with Crippen molar-refractivity contribution in [1.82, 2.24) is 4.31 Å². The zero-order valence-corrected chi connectivity index (χ0v) is 9.79. The van der Waals surface area contributed by atoms with Gasteiger partial charge < -0.3 is 9.84 Å². The second kappa shape index (κ2) is 6.76. The molecule has 0 saturated heterocycles. The maximum atomic E-state index is 11.5. The van der Waals surface area contributed by atoms with E-state index < -0.39 is 16.0 Å². The lowest BCUT2D eigenvalue weighted by atomic mass is 10.5. The summed E-state index contributed by atoms with van der Waals surface area (Å²) in [4.78, 5) is 10.2. The number of nitrogens with zero attached hydrogens (tertiary/aromatic N) is 1. The number of hydrogen-bond acceptors (Lipinski definition) is 4. The van der Waals surface area contributed by atoms with Crippen LogP contribution in [0.1, 0.15) is 12.8 Å². The summed E-state index contributed by atoms with van der Waals surface area (Å²) in [6, 6.07) is 0. The molecule has 0 atom stereocenters. The molecule has 0 radical (unpaired) electrons. The molecule has 0 spiro atoms. The Bertz CT molecular complexity index is 287. The monoisotopic (exact) mass is 239 g/mol. The minimum absolute atomic E-state index is 0.343. The maximum absolute atomic E-state index is 11.5. The smallest absolute Gasteiger partial charge is 0.304 e. The van der Waals surface area contributed by atoms with Gasteiger partial charge in [-0.25, -0.2) is 12.7 Å². The van der Waals surface area contributed by atoms with Crippen molar-refractivity contribution in [3.8, 4) is 0 Å². The van der Waals surface area contributed by atoms with Crippen LogP contribution in [0.3, 0.4) is 0 Å². The number of carboxylic acids is 1.